The lowest BCUT2D eigenvalue weighted by Gasteiger charge is -2.24. The summed E-state index contributed by atoms with van der Waals surface area (Å²) in [6, 6.07) is 11.7. The molecule has 1 unspecified atom stereocenters. The number of ether oxygens (including phenoxy) is 4. The highest BCUT2D eigenvalue weighted by atomic mass is 16.5. The predicted molar refractivity (Wildman–Crippen MR) is 130 cm³/mol. The topological polar surface area (TPSA) is 76.6 Å². The Morgan fingerprint density at radius 2 is 1.56 bits per heavy atom. The van der Waals surface area contributed by atoms with Gasteiger partial charge in [0.25, 0.3) is 0 Å². The number of nitrogens with one attached hydrogen (secondary N) is 2. The fraction of sp³-hybridized carbons (Fsp3) is 0.458. The van der Waals surface area contributed by atoms with Gasteiger partial charge in [-0.1, -0.05) is 6.07 Å². The van der Waals surface area contributed by atoms with Crippen LogP contribution < -0.4 is 29.6 Å². The molecule has 2 aromatic carbocycles. The van der Waals surface area contributed by atoms with Crippen molar-refractivity contribution in [3.8, 4) is 23.0 Å². The molecule has 0 saturated carbocycles. The zero-order valence-corrected chi connectivity index (χ0v) is 20.2. The van der Waals surface area contributed by atoms with Gasteiger partial charge in [-0.05, 0) is 57.8 Å². The summed E-state index contributed by atoms with van der Waals surface area (Å²) in [5, 5.41) is 6.66. The van der Waals surface area contributed by atoms with Crippen LogP contribution >= 0.6 is 0 Å². The smallest absolute Gasteiger partial charge is 0.195 e. The second-order valence-electron chi connectivity index (χ2n) is 7.24. The monoisotopic (exact) mass is 444 g/mol. The molecule has 0 aliphatic rings. The number of hydrogen-bond acceptors (Lipinski definition) is 6. The Hall–Kier alpha value is -3.13. The number of guanidine groups is 1. The van der Waals surface area contributed by atoms with Gasteiger partial charge in [0.2, 0.25) is 0 Å². The van der Waals surface area contributed by atoms with E-state index in [1.54, 1.807) is 21.3 Å². The summed E-state index contributed by atoms with van der Waals surface area (Å²) < 4.78 is 21.9. The van der Waals surface area contributed by atoms with E-state index < -0.39 is 0 Å². The minimum absolute atomic E-state index is 0.0557. The molecular formula is C24H36N4O4. The van der Waals surface area contributed by atoms with E-state index >= 15 is 0 Å². The molecule has 0 amide bonds. The number of aliphatic imine (C=N–C) groups is 1. The van der Waals surface area contributed by atoms with E-state index in [1.807, 2.05) is 64.3 Å². The SMILES string of the molecule is CCNC(=NCC(c1ccc(OC)c(OC)c1)N(C)C)Nc1ccc(OC)c(OCC)c1. The normalized spacial score (nSPS) is 12.3. The first kappa shape index (κ1) is 25.1. The first-order valence-corrected chi connectivity index (χ1v) is 10.7. The Balaban J connectivity index is 2.26. The number of likely N-dealkylation sites (N-methyl/N-ethyl adjacent to an activating group) is 1. The highest BCUT2D eigenvalue weighted by Crippen LogP contribution is 2.32. The van der Waals surface area contributed by atoms with Gasteiger partial charge in [0.15, 0.2) is 29.0 Å². The zero-order chi connectivity index (χ0) is 23.5. The number of methoxy groups -OCH3 is 3. The van der Waals surface area contributed by atoms with Crippen molar-refractivity contribution in [3.05, 3.63) is 42.0 Å². The summed E-state index contributed by atoms with van der Waals surface area (Å²) in [6.45, 7) is 5.83. The lowest BCUT2D eigenvalue weighted by atomic mass is 10.1. The Morgan fingerprint density at radius 1 is 0.906 bits per heavy atom. The van der Waals surface area contributed by atoms with E-state index in [0.717, 1.165) is 17.8 Å². The van der Waals surface area contributed by atoms with Gasteiger partial charge in [-0.3, -0.25) is 4.99 Å². The molecule has 2 rings (SSSR count). The first-order chi connectivity index (χ1) is 15.5. The van der Waals surface area contributed by atoms with Crippen LogP contribution in [0.25, 0.3) is 0 Å². The number of hydrogen-bond donors (Lipinski definition) is 2. The maximum atomic E-state index is 5.68. The summed E-state index contributed by atoms with van der Waals surface area (Å²) in [5.41, 5.74) is 1.96. The van der Waals surface area contributed by atoms with Crippen molar-refractivity contribution >= 4 is 11.6 Å². The molecule has 176 valence electrons. The zero-order valence-electron chi connectivity index (χ0n) is 20.2. The van der Waals surface area contributed by atoms with Gasteiger partial charge in [-0.2, -0.15) is 0 Å². The van der Waals surface area contributed by atoms with Gasteiger partial charge in [-0.25, -0.2) is 0 Å². The third-order valence-electron chi connectivity index (χ3n) is 4.91. The van der Waals surface area contributed by atoms with Crippen LogP contribution in [0.2, 0.25) is 0 Å². The van der Waals surface area contributed by atoms with Gasteiger partial charge in [0.05, 0.1) is 40.5 Å². The van der Waals surface area contributed by atoms with Gasteiger partial charge in [0, 0.05) is 18.3 Å². The molecule has 0 aliphatic heterocycles. The maximum absolute atomic E-state index is 5.68. The predicted octanol–water partition coefficient (Wildman–Crippen LogP) is 3.79. The van der Waals surface area contributed by atoms with Crippen LogP contribution in [0.1, 0.15) is 25.5 Å². The van der Waals surface area contributed by atoms with Crippen molar-refractivity contribution in [2.45, 2.75) is 19.9 Å². The molecule has 8 heteroatoms. The molecule has 0 heterocycles. The molecule has 0 radical (unpaired) electrons. The Morgan fingerprint density at radius 3 is 2.16 bits per heavy atom. The Bertz CT molecular complexity index is 886. The van der Waals surface area contributed by atoms with E-state index in [0.29, 0.717) is 42.1 Å². The highest BCUT2D eigenvalue weighted by Gasteiger charge is 2.17. The number of rotatable bonds is 11. The summed E-state index contributed by atoms with van der Waals surface area (Å²) in [7, 11) is 8.98. The summed E-state index contributed by atoms with van der Waals surface area (Å²) >= 11 is 0. The van der Waals surface area contributed by atoms with Crippen LogP contribution in [0, 0.1) is 0 Å². The molecule has 0 saturated heterocycles. The number of benzene rings is 2. The minimum atomic E-state index is 0.0557. The van der Waals surface area contributed by atoms with Gasteiger partial charge in [0.1, 0.15) is 0 Å². The van der Waals surface area contributed by atoms with E-state index in [1.165, 1.54) is 0 Å². The largest absolute Gasteiger partial charge is 0.493 e. The lowest BCUT2D eigenvalue weighted by Crippen LogP contribution is -2.32. The fourth-order valence-electron chi connectivity index (χ4n) is 3.27. The van der Waals surface area contributed by atoms with Crippen molar-refractivity contribution in [1.82, 2.24) is 10.2 Å². The van der Waals surface area contributed by atoms with Crippen LogP contribution in [-0.4, -0.2) is 66.0 Å². The third-order valence-corrected chi connectivity index (χ3v) is 4.91. The van der Waals surface area contributed by atoms with Gasteiger partial charge < -0.3 is 34.5 Å². The average molecular weight is 445 g/mol. The Kier molecular flexibility index (Phi) is 9.94. The third kappa shape index (κ3) is 6.68. The first-order valence-electron chi connectivity index (χ1n) is 10.7. The summed E-state index contributed by atoms with van der Waals surface area (Å²) in [5.74, 6) is 3.48. The average Bonchev–Trinajstić information content (AvgIpc) is 2.79. The number of anilines is 1. The van der Waals surface area contributed by atoms with Crippen LogP contribution in [0.5, 0.6) is 23.0 Å². The molecular weight excluding hydrogens is 408 g/mol. The highest BCUT2D eigenvalue weighted by molar-refractivity contribution is 5.94. The van der Waals surface area contributed by atoms with E-state index in [4.69, 9.17) is 23.9 Å². The maximum Gasteiger partial charge on any atom is 0.195 e. The van der Waals surface area contributed by atoms with Crippen LogP contribution in [0.15, 0.2) is 41.4 Å². The van der Waals surface area contributed by atoms with Crippen molar-refractivity contribution in [3.63, 3.8) is 0 Å². The van der Waals surface area contributed by atoms with Crippen molar-refractivity contribution in [1.29, 1.82) is 0 Å². The molecule has 0 spiro atoms. The fourth-order valence-corrected chi connectivity index (χ4v) is 3.27. The van der Waals surface area contributed by atoms with Crippen molar-refractivity contribution in [2.24, 2.45) is 4.99 Å². The number of nitrogens with zero attached hydrogens (tertiary/aromatic N) is 2. The van der Waals surface area contributed by atoms with Crippen LogP contribution in [-0.2, 0) is 0 Å². The van der Waals surface area contributed by atoms with Crippen LogP contribution in [0.3, 0.4) is 0 Å². The Labute approximate surface area is 191 Å². The molecule has 0 bridgehead atoms. The molecule has 2 aromatic rings. The minimum Gasteiger partial charge on any atom is -0.493 e. The van der Waals surface area contributed by atoms with Gasteiger partial charge in [-0.15, -0.1) is 0 Å². The lowest BCUT2D eigenvalue weighted by molar-refractivity contribution is 0.303. The molecule has 2 N–H and O–H groups in total. The van der Waals surface area contributed by atoms with Gasteiger partial charge >= 0.3 is 0 Å². The standard InChI is InChI=1S/C24H36N4O4/c1-8-25-24(27-18-11-13-21(30-6)23(15-18)32-9-2)26-16-19(28(3)4)17-10-12-20(29-5)22(14-17)31-7/h10-15,19H,8-9,16H2,1-7H3,(H2,25,26,27). The van der Waals surface area contributed by atoms with Crippen molar-refractivity contribution < 1.29 is 18.9 Å². The van der Waals surface area contributed by atoms with Crippen molar-refractivity contribution in [2.75, 3.05) is 60.4 Å². The quantitative estimate of drug-likeness (QED) is 0.403. The van der Waals surface area contributed by atoms with E-state index in [2.05, 4.69) is 15.5 Å². The molecule has 1 atom stereocenters. The summed E-state index contributed by atoms with van der Waals surface area (Å²) in [4.78, 5) is 6.97. The second kappa shape index (κ2) is 12.7. The molecule has 8 nitrogen and oxygen atoms in total. The van der Waals surface area contributed by atoms with Crippen LogP contribution in [0.4, 0.5) is 5.69 Å². The summed E-state index contributed by atoms with van der Waals surface area (Å²) in [6.07, 6.45) is 0. The van der Waals surface area contributed by atoms with E-state index in [-0.39, 0.29) is 6.04 Å². The van der Waals surface area contributed by atoms with E-state index in [9.17, 15) is 0 Å². The molecule has 32 heavy (non-hydrogen) atoms. The molecule has 0 aliphatic carbocycles. The molecule has 0 fully saturated rings. The molecule has 0 aromatic heterocycles. The second-order valence-corrected chi connectivity index (χ2v) is 7.24.